The molecule has 0 aliphatic rings. The summed E-state index contributed by atoms with van der Waals surface area (Å²) in [5, 5.41) is 16.5. The van der Waals surface area contributed by atoms with Gasteiger partial charge < -0.3 is 9.88 Å². The van der Waals surface area contributed by atoms with Crippen molar-refractivity contribution in [2.75, 3.05) is 6.54 Å². The average molecular weight is 290 g/mol. The SMILES string of the molecule is Cc1nn(Cc2nnc(C)n2C)c(C)c1CNCC(C)C. The summed E-state index contributed by atoms with van der Waals surface area (Å²) in [6.45, 7) is 13.1. The van der Waals surface area contributed by atoms with Crippen LogP contribution in [0, 0.1) is 26.7 Å². The summed E-state index contributed by atoms with van der Waals surface area (Å²) in [6.07, 6.45) is 0. The van der Waals surface area contributed by atoms with Crippen LogP contribution in [-0.2, 0) is 20.1 Å². The van der Waals surface area contributed by atoms with E-state index in [2.05, 4.69) is 48.3 Å². The minimum atomic E-state index is 0.655. The topological polar surface area (TPSA) is 60.6 Å². The fraction of sp³-hybridized carbons (Fsp3) is 0.667. The van der Waals surface area contributed by atoms with Gasteiger partial charge in [-0.3, -0.25) is 4.68 Å². The highest BCUT2D eigenvalue weighted by Crippen LogP contribution is 2.14. The molecular weight excluding hydrogens is 264 g/mol. The molecule has 0 saturated heterocycles. The van der Waals surface area contributed by atoms with Gasteiger partial charge in [0.25, 0.3) is 0 Å². The molecular formula is C15H26N6. The van der Waals surface area contributed by atoms with Crippen LogP contribution in [0.3, 0.4) is 0 Å². The monoisotopic (exact) mass is 290 g/mol. The predicted molar refractivity (Wildman–Crippen MR) is 83.1 cm³/mol. The van der Waals surface area contributed by atoms with Crippen molar-refractivity contribution < 1.29 is 0 Å². The van der Waals surface area contributed by atoms with Crippen molar-refractivity contribution in [3.05, 3.63) is 28.6 Å². The number of hydrogen-bond donors (Lipinski definition) is 1. The Kier molecular flexibility index (Phi) is 4.77. The summed E-state index contributed by atoms with van der Waals surface area (Å²) >= 11 is 0. The Morgan fingerprint density at radius 2 is 1.86 bits per heavy atom. The van der Waals surface area contributed by atoms with Crippen LogP contribution in [0.15, 0.2) is 0 Å². The minimum Gasteiger partial charge on any atom is -0.317 e. The summed E-state index contributed by atoms with van der Waals surface area (Å²) in [4.78, 5) is 0. The largest absolute Gasteiger partial charge is 0.317 e. The van der Waals surface area contributed by atoms with Crippen LogP contribution < -0.4 is 5.32 Å². The van der Waals surface area contributed by atoms with Gasteiger partial charge in [0.2, 0.25) is 0 Å². The third kappa shape index (κ3) is 3.50. The second-order valence-corrected chi connectivity index (χ2v) is 6.05. The van der Waals surface area contributed by atoms with Crippen LogP contribution >= 0.6 is 0 Å². The van der Waals surface area contributed by atoms with Crippen molar-refractivity contribution in [2.45, 2.75) is 47.7 Å². The zero-order chi connectivity index (χ0) is 15.6. The van der Waals surface area contributed by atoms with Crippen molar-refractivity contribution in [1.82, 2.24) is 29.9 Å². The minimum absolute atomic E-state index is 0.655. The number of rotatable bonds is 6. The van der Waals surface area contributed by atoms with Crippen molar-refractivity contribution in [3.8, 4) is 0 Å². The van der Waals surface area contributed by atoms with E-state index in [1.54, 1.807) is 0 Å². The first kappa shape index (κ1) is 15.7. The van der Waals surface area contributed by atoms with Gasteiger partial charge in [-0.25, -0.2) is 0 Å². The van der Waals surface area contributed by atoms with Crippen molar-refractivity contribution >= 4 is 0 Å². The van der Waals surface area contributed by atoms with Crippen molar-refractivity contribution in [1.29, 1.82) is 0 Å². The molecule has 2 aromatic heterocycles. The second kappa shape index (κ2) is 6.39. The molecule has 0 atom stereocenters. The maximum Gasteiger partial charge on any atom is 0.154 e. The fourth-order valence-corrected chi connectivity index (χ4v) is 2.35. The van der Waals surface area contributed by atoms with Gasteiger partial charge >= 0.3 is 0 Å². The molecule has 6 nitrogen and oxygen atoms in total. The molecule has 0 bridgehead atoms. The Morgan fingerprint density at radius 3 is 2.43 bits per heavy atom. The molecule has 0 radical (unpaired) electrons. The summed E-state index contributed by atoms with van der Waals surface area (Å²) in [5.74, 6) is 2.51. The van der Waals surface area contributed by atoms with E-state index in [0.717, 1.165) is 30.4 Å². The van der Waals surface area contributed by atoms with Crippen LogP contribution in [0.1, 0.15) is 42.4 Å². The smallest absolute Gasteiger partial charge is 0.154 e. The van der Waals surface area contributed by atoms with Crippen LogP contribution in [0.25, 0.3) is 0 Å². The van der Waals surface area contributed by atoms with E-state index in [-0.39, 0.29) is 0 Å². The maximum absolute atomic E-state index is 4.65. The van der Waals surface area contributed by atoms with E-state index in [9.17, 15) is 0 Å². The fourth-order valence-electron chi connectivity index (χ4n) is 2.35. The Bertz CT molecular complexity index is 608. The molecule has 0 spiro atoms. The summed E-state index contributed by atoms with van der Waals surface area (Å²) in [6, 6.07) is 0. The van der Waals surface area contributed by atoms with E-state index < -0.39 is 0 Å². The number of nitrogens with zero attached hydrogens (tertiary/aromatic N) is 5. The highest BCUT2D eigenvalue weighted by atomic mass is 15.3. The van der Waals surface area contributed by atoms with Gasteiger partial charge in [0.1, 0.15) is 12.4 Å². The van der Waals surface area contributed by atoms with E-state index >= 15 is 0 Å². The van der Waals surface area contributed by atoms with Crippen LogP contribution in [0.2, 0.25) is 0 Å². The Hall–Kier alpha value is -1.69. The molecule has 2 aromatic rings. The van der Waals surface area contributed by atoms with Crippen LogP contribution in [0.4, 0.5) is 0 Å². The molecule has 0 fully saturated rings. The molecule has 1 N–H and O–H groups in total. The maximum atomic E-state index is 4.65. The molecule has 0 saturated carbocycles. The Balaban J connectivity index is 2.13. The highest BCUT2D eigenvalue weighted by molar-refractivity contribution is 5.24. The molecule has 0 unspecified atom stereocenters. The first-order chi connectivity index (χ1) is 9.90. The van der Waals surface area contributed by atoms with E-state index in [1.807, 2.05) is 23.2 Å². The first-order valence-electron chi connectivity index (χ1n) is 7.48. The number of nitrogens with one attached hydrogen (secondary N) is 1. The third-order valence-electron chi connectivity index (χ3n) is 3.86. The van der Waals surface area contributed by atoms with Crippen LogP contribution in [0.5, 0.6) is 0 Å². The molecule has 0 aliphatic heterocycles. The molecule has 116 valence electrons. The van der Waals surface area contributed by atoms with Gasteiger partial charge in [0, 0.05) is 24.8 Å². The van der Waals surface area contributed by atoms with Gasteiger partial charge in [-0.1, -0.05) is 13.8 Å². The molecule has 0 aliphatic carbocycles. The molecule has 2 heterocycles. The number of aryl methyl sites for hydroxylation is 2. The molecule has 0 amide bonds. The second-order valence-electron chi connectivity index (χ2n) is 6.05. The lowest BCUT2D eigenvalue weighted by atomic mass is 10.2. The quantitative estimate of drug-likeness (QED) is 0.880. The van der Waals surface area contributed by atoms with E-state index in [4.69, 9.17) is 0 Å². The van der Waals surface area contributed by atoms with E-state index in [1.165, 1.54) is 11.3 Å². The molecule has 2 rings (SSSR count). The van der Waals surface area contributed by atoms with Gasteiger partial charge in [-0.05, 0) is 33.2 Å². The lowest BCUT2D eigenvalue weighted by molar-refractivity contribution is 0.550. The zero-order valence-electron chi connectivity index (χ0n) is 13.9. The highest BCUT2D eigenvalue weighted by Gasteiger charge is 2.14. The number of hydrogen-bond acceptors (Lipinski definition) is 4. The van der Waals surface area contributed by atoms with Crippen molar-refractivity contribution in [2.24, 2.45) is 13.0 Å². The first-order valence-corrected chi connectivity index (χ1v) is 7.48. The van der Waals surface area contributed by atoms with Gasteiger partial charge in [0.15, 0.2) is 5.82 Å². The summed E-state index contributed by atoms with van der Waals surface area (Å²) in [7, 11) is 1.99. The normalized spacial score (nSPS) is 11.6. The zero-order valence-corrected chi connectivity index (χ0v) is 13.9. The lowest BCUT2D eigenvalue weighted by Crippen LogP contribution is -2.19. The van der Waals surface area contributed by atoms with E-state index in [0.29, 0.717) is 12.5 Å². The number of aromatic nitrogens is 5. The predicted octanol–water partition coefficient (Wildman–Crippen LogP) is 1.73. The van der Waals surface area contributed by atoms with Gasteiger partial charge in [-0.2, -0.15) is 5.10 Å². The lowest BCUT2D eigenvalue weighted by Gasteiger charge is -2.08. The summed E-state index contributed by atoms with van der Waals surface area (Å²) in [5.41, 5.74) is 3.57. The standard InChI is InChI=1S/C15H26N6/c1-10(2)7-16-8-14-11(3)19-21(12(14)4)9-15-18-17-13(5)20(15)6/h10,16H,7-9H2,1-6H3. The Morgan fingerprint density at radius 1 is 1.14 bits per heavy atom. The van der Waals surface area contributed by atoms with Gasteiger partial charge in [0.05, 0.1) is 5.69 Å². The molecule has 0 aromatic carbocycles. The molecule has 21 heavy (non-hydrogen) atoms. The average Bonchev–Trinajstić information content (AvgIpc) is 2.86. The van der Waals surface area contributed by atoms with Crippen molar-refractivity contribution in [3.63, 3.8) is 0 Å². The third-order valence-corrected chi connectivity index (χ3v) is 3.86. The van der Waals surface area contributed by atoms with Crippen LogP contribution in [-0.4, -0.2) is 31.1 Å². The summed E-state index contributed by atoms with van der Waals surface area (Å²) < 4.78 is 4.03. The molecule has 6 heteroatoms. The van der Waals surface area contributed by atoms with Gasteiger partial charge in [-0.15, -0.1) is 10.2 Å². The Labute approximate surface area is 126 Å².